The third kappa shape index (κ3) is 5.14. The van der Waals surface area contributed by atoms with Gasteiger partial charge in [-0.25, -0.2) is 9.97 Å². The maximum Gasteiger partial charge on any atom is 0.178 e. The van der Waals surface area contributed by atoms with E-state index in [1.54, 1.807) is 0 Å². The van der Waals surface area contributed by atoms with Crippen molar-refractivity contribution in [3.05, 3.63) is 169 Å². The predicted octanol–water partition coefficient (Wildman–Crippen LogP) is 9.97. The summed E-state index contributed by atoms with van der Waals surface area (Å²) in [5.41, 5.74) is 9.45. The van der Waals surface area contributed by atoms with Crippen molar-refractivity contribution in [2.75, 3.05) is 4.90 Å². The van der Waals surface area contributed by atoms with E-state index >= 15 is 0 Å². The average molecular weight is 567 g/mol. The van der Waals surface area contributed by atoms with Crippen molar-refractivity contribution in [3.8, 4) is 11.1 Å². The summed E-state index contributed by atoms with van der Waals surface area (Å²) in [5.74, 6) is 0.581. The second-order valence-corrected chi connectivity index (χ2v) is 10.7. The third-order valence-electron chi connectivity index (χ3n) is 8.03. The van der Waals surface area contributed by atoms with Gasteiger partial charge in [0.15, 0.2) is 5.82 Å². The Hall–Kier alpha value is -5.87. The Morgan fingerprint density at radius 2 is 1.55 bits per heavy atom. The molecule has 1 aromatic heterocycles. The first-order chi connectivity index (χ1) is 21.7. The fraction of sp³-hybridized carbons (Fsp3) is 0.0250. The lowest BCUT2D eigenvalue weighted by Crippen LogP contribution is -2.11. The van der Waals surface area contributed by atoms with E-state index in [0.717, 1.165) is 33.4 Å². The van der Waals surface area contributed by atoms with Gasteiger partial charge >= 0.3 is 0 Å². The lowest BCUT2D eigenvalue weighted by atomic mass is 9.93. The van der Waals surface area contributed by atoms with Crippen LogP contribution in [0.3, 0.4) is 0 Å². The molecule has 0 aliphatic carbocycles. The summed E-state index contributed by atoms with van der Waals surface area (Å²) in [5, 5.41) is 3.42. The van der Waals surface area contributed by atoms with E-state index in [1.807, 2.05) is 42.6 Å². The molecule has 0 saturated heterocycles. The monoisotopic (exact) mass is 566 g/mol. The average Bonchev–Trinajstić information content (AvgIpc) is 3.08. The Labute approximate surface area is 257 Å². The quantitative estimate of drug-likeness (QED) is 0.188. The third-order valence-corrected chi connectivity index (χ3v) is 8.03. The van der Waals surface area contributed by atoms with Crippen LogP contribution in [0.2, 0.25) is 0 Å². The van der Waals surface area contributed by atoms with Gasteiger partial charge in [-0.2, -0.15) is 0 Å². The summed E-state index contributed by atoms with van der Waals surface area (Å²) in [4.78, 5) is 15.7. The minimum Gasteiger partial charge on any atom is -0.317 e. The normalized spacial score (nSPS) is 14.6. The van der Waals surface area contributed by atoms with Crippen LogP contribution in [0.4, 0.5) is 11.4 Å². The Balaban J connectivity index is 1.21. The SMILES string of the molecule is C=N/C(=C\Cc1ccc(-c2ccc(N3/C=C\C=C/C(=C)c4ccccc43)cc2)c2ccccc12)c1ncc2ccccc2n1. The number of aliphatic imine (C=N–C) groups is 1. The molecule has 0 amide bonds. The van der Waals surface area contributed by atoms with Crippen LogP contribution in [0.1, 0.15) is 17.0 Å². The zero-order chi connectivity index (χ0) is 29.9. The van der Waals surface area contributed by atoms with Gasteiger partial charge < -0.3 is 4.90 Å². The van der Waals surface area contributed by atoms with Crippen molar-refractivity contribution in [2.24, 2.45) is 4.99 Å². The van der Waals surface area contributed by atoms with Crippen molar-refractivity contribution in [3.63, 3.8) is 0 Å². The molecule has 0 unspecified atom stereocenters. The molecular formula is C40H30N4. The van der Waals surface area contributed by atoms with Gasteiger partial charge in [0.05, 0.1) is 11.2 Å². The summed E-state index contributed by atoms with van der Waals surface area (Å²) in [6.07, 6.45) is 12.8. The molecule has 6 aromatic rings. The molecule has 4 nitrogen and oxygen atoms in total. The number of hydrogen-bond donors (Lipinski definition) is 0. The molecule has 0 N–H and O–H groups in total. The van der Waals surface area contributed by atoms with Crippen molar-refractivity contribution >= 4 is 51.0 Å². The smallest absolute Gasteiger partial charge is 0.178 e. The number of hydrogen-bond acceptors (Lipinski definition) is 4. The minimum atomic E-state index is 0.581. The lowest BCUT2D eigenvalue weighted by molar-refractivity contribution is 1.14. The first kappa shape index (κ1) is 27.0. The number of aromatic nitrogens is 2. The summed E-state index contributed by atoms with van der Waals surface area (Å²) < 4.78 is 0. The number of benzene rings is 5. The van der Waals surface area contributed by atoms with E-state index in [0.29, 0.717) is 17.9 Å². The first-order valence-corrected chi connectivity index (χ1v) is 14.6. The molecule has 2 heterocycles. The predicted molar refractivity (Wildman–Crippen MR) is 186 cm³/mol. The van der Waals surface area contributed by atoms with Gasteiger partial charge in [-0.05, 0) is 76.5 Å². The fourth-order valence-corrected chi connectivity index (χ4v) is 5.78. The van der Waals surface area contributed by atoms with Gasteiger partial charge in [-0.15, -0.1) is 0 Å². The van der Waals surface area contributed by atoms with Gasteiger partial charge in [0.2, 0.25) is 0 Å². The van der Waals surface area contributed by atoms with Crippen LogP contribution < -0.4 is 4.90 Å². The Bertz CT molecular complexity index is 2130. The summed E-state index contributed by atoms with van der Waals surface area (Å²) in [7, 11) is 0. The van der Waals surface area contributed by atoms with Crippen molar-refractivity contribution < 1.29 is 0 Å². The molecule has 0 radical (unpaired) electrons. The largest absolute Gasteiger partial charge is 0.317 e. The fourth-order valence-electron chi connectivity index (χ4n) is 5.78. The highest BCUT2D eigenvalue weighted by Gasteiger charge is 2.14. The second kappa shape index (κ2) is 11.8. The maximum absolute atomic E-state index is 4.71. The summed E-state index contributed by atoms with van der Waals surface area (Å²) in [6, 6.07) is 38.1. The molecule has 1 aliphatic heterocycles. The molecular weight excluding hydrogens is 536 g/mol. The van der Waals surface area contributed by atoms with Gasteiger partial charge in [0, 0.05) is 29.0 Å². The molecule has 5 aromatic carbocycles. The summed E-state index contributed by atoms with van der Waals surface area (Å²) >= 11 is 0. The van der Waals surface area contributed by atoms with E-state index in [2.05, 4.69) is 131 Å². The topological polar surface area (TPSA) is 41.4 Å². The number of nitrogens with zero attached hydrogens (tertiary/aromatic N) is 4. The lowest BCUT2D eigenvalue weighted by Gasteiger charge is -2.25. The van der Waals surface area contributed by atoms with E-state index in [4.69, 9.17) is 4.98 Å². The van der Waals surface area contributed by atoms with Crippen LogP contribution in [0, 0.1) is 0 Å². The van der Waals surface area contributed by atoms with Crippen molar-refractivity contribution in [1.82, 2.24) is 9.97 Å². The van der Waals surface area contributed by atoms with E-state index in [-0.39, 0.29) is 0 Å². The van der Waals surface area contributed by atoms with E-state index in [1.165, 1.54) is 27.5 Å². The van der Waals surface area contributed by atoms with Crippen molar-refractivity contribution in [1.29, 1.82) is 0 Å². The highest BCUT2D eigenvalue weighted by molar-refractivity contribution is 5.99. The summed E-state index contributed by atoms with van der Waals surface area (Å²) in [6.45, 7) is 8.06. The molecule has 0 bridgehead atoms. The van der Waals surface area contributed by atoms with Crippen LogP contribution in [0.15, 0.2) is 157 Å². The highest BCUT2D eigenvalue weighted by atomic mass is 15.1. The molecule has 4 heteroatoms. The van der Waals surface area contributed by atoms with Crippen LogP contribution in [0.5, 0.6) is 0 Å². The molecule has 7 rings (SSSR count). The highest BCUT2D eigenvalue weighted by Crippen LogP contribution is 2.37. The number of allylic oxidation sites excluding steroid dienone is 5. The molecule has 1 aliphatic rings. The Kier molecular flexibility index (Phi) is 7.23. The van der Waals surface area contributed by atoms with Crippen LogP contribution in [-0.4, -0.2) is 16.7 Å². The molecule has 0 saturated carbocycles. The molecule has 0 atom stereocenters. The van der Waals surface area contributed by atoms with Gasteiger partial charge in [0.25, 0.3) is 0 Å². The van der Waals surface area contributed by atoms with Crippen LogP contribution in [0.25, 0.3) is 44.1 Å². The van der Waals surface area contributed by atoms with Gasteiger partial charge in [-0.3, -0.25) is 4.99 Å². The van der Waals surface area contributed by atoms with Gasteiger partial charge in [0.1, 0.15) is 5.70 Å². The van der Waals surface area contributed by atoms with Crippen LogP contribution in [-0.2, 0) is 6.42 Å². The molecule has 0 fully saturated rings. The van der Waals surface area contributed by atoms with Gasteiger partial charge in [-0.1, -0.05) is 110 Å². The number of rotatable bonds is 6. The Morgan fingerprint density at radius 1 is 0.773 bits per heavy atom. The second-order valence-electron chi connectivity index (χ2n) is 10.7. The molecule has 0 spiro atoms. The number of anilines is 2. The zero-order valence-electron chi connectivity index (χ0n) is 24.3. The standard InChI is InChI=1S/C40H30N4/c1-28-11-9-10-26-44(39-17-8-6-13-33(28)39)32-22-18-29(19-23-32)35-24-20-30(34-14-4-5-15-36(34)35)21-25-38(41-2)40-42-27-31-12-3-7-16-37(31)43-40/h3-20,22-27H,1-2,21H2/b11-9-,26-10-,38-25-. The van der Waals surface area contributed by atoms with Crippen molar-refractivity contribution in [2.45, 2.75) is 6.42 Å². The first-order valence-electron chi connectivity index (χ1n) is 14.6. The maximum atomic E-state index is 4.71. The van der Waals surface area contributed by atoms with E-state index < -0.39 is 0 Å². The minimum absolute atomic E-state index is 0.581. The Morgan fingerprint density at radius 3 is 2.41 bits per heavy atom. The molecule has 44 heavy (non-hydrogen) atoms. The van der Waals surface area contributed by atoms with E-state index in [9.17, 15) is 0 Å². The van der Waals surface area contributed by atoms with Crippen LogP contribution >= 0.6 is 0 Å². The number of fused-ring (bicyclic) bond motifs is 3. The zero-order valence-corrected chi connectivity index (χ0v) is 24.3. The number of para-hydroxylation sites is 2. The molecule has 210 valence electrons.